The van der Waals surface area contributed by atoms with Crippen LogP contribution in [0.15, 0.2) is 78.9 Å². The van der Waals surface area contributed by atoms with Gasteiger partial charge in [0.25, 0.3) is 5.91 Å². The molecule has 0 radical (unpaired) electrons. The summed E-state index contributed by atoms with van der Waals surface area (Å²) in [4.78, 5) is 34.4. The molecule has 3 aromatic carbocycles. The molecule has 2 saturated heterocycles. The molecule has 0 unspecified atom stereocenters. The normalized spacial score (nSPS) is 24.7. The smallest absolute Gasteiger partial charge is 0.266 e. The van der Waals surface area contributed by atoms with Gasteiger partial charge in [0.05, 0.1) is 24.5 Å². The van der Waals surface area contributed by atoms with Crippen LogP contribution in [0.1, 0.15) is 18.5 Å². The Morgan fingerprint density at radius 3 is 2.19 bits per heavy atom. The Morgan fingerprint density at radius 1 is 0.906 bits per heavy atom. The molecule has 2 aliphatic heterocycles. The van der Waals surface area contributed by atoms with Crippen LogP contribution in [0.5, 0.6) is 5.75 Å². The van der Waals surface area contributed by atoms with Gasteiger partial charge in [0.2, 0.25) is 5.91 Å². The maximum atomic E-state index is 13.8. The average Bonchev–Trinajstić information content (AvgIpc) is 3.23. The van der Waals surface area contributed by atoms with E-state index in [-0.39, 0.29) is 0 Å². The first kappa shape index (κ1) is 20.2. The molecule has 3 atom stereocenters. The fourth-order valence-corrected chi connectivity index (χ4v) is 4.55. The number of hydroxylamine groups is 1. The van der Waals surface area contributed by atoms with Gasteiger partial charge in [-0.25, -0.2) is 14.4 Å². The first-order chi connectivity index (χ1) is 15.4. The summed E-state index contributed by atoms with van der Waals surface area (Å²) in [6.45, 7) is 1.75. The average molecular weight is 432 g/mol. The lowest BCUT2D eigenvalue weighted by atomic mass is 9.76. The Balaban J connectivity index is 1.62. The highest BCUT2D eigenvalue weighted by Crippen LogP contribution is 2.55. The zero-order chi connectivity index (χ0) is 22.5. The third-order valence-electron chi connectivity index (χ3n) is 6.20. The first-order valence-electron chi connectivity index (χ1n) is 10.2. The van der Waals surface area contributed by atoms with Crippen molar-refractivity contribution in [3.8, 4) is 5.75 Å². The van der Waals surface area contributed by atoms with Gasteiger partial charge in [0.1, 0.15) is 17.0 Å². The van der Waals surface area contributed by atoms with Crippen molar-refractivity contribution < 1.29 is 23.6 Å². The van der Waals surface area contributed by atoms with E-state index >= 15 is 0 Å². The summed E-state index contributed by atoms with van der Waals surface area (Å²) >= 11 is 0. The number of anilines is 2. The quantitative estimate of drug-likeness (QED) is 0.576. The number of amides is 2. The Hall–Kier alpha value is -3.71. The number of carbonyl (C=O) groups excluding carboxylic acids is 2. The minimum atomic E-state index is -1.20. The Morgan fingerprint density at radius 2 is 1.56 bits per heavy atom. The van der Waals surface area contributed by atoms with E-state index < -0.39 is 35.2 Å². The van der Waals surface area contributed by atoms with Gasteiger partial charge in [-0.05, 0) is 61.0 Å². The highest BCUT2D eigenvalue weighted by Gasteiger charge is 2.68. The van der Waals surface area contributed by atoms with Crippen LogP contribution in [0.2, 0.25) is 0 Å². The number of carbonyl (C=O) groups is 2. The summed E-state index contributed by atoms with van der Waals surface area (Å²) < 4.78 is 18.7. The van der Waals surface area contributed by atoms with Crippen molar-refractivity contribution in [2.24, 2.45) is 5.41 Å². The van der Waals surface area contributed by atoms with Crippen molar-refractivity contribution in [3.63, 3.8) is 0 Å². The van der Waals surface area contributed by atoms with Gasteiger partial charge in [-0.2, -0.15) is 0 Å². The summed E-state index contributed by atoms with van der Waals surface area (Å²) in [6, 6.07) is 21.5. The van der Waals surface area contributed by atoms with Gasteiger partial charge in [-0.3, -0.25) is 14.4 Å². The molecule has 0 aromatic heterocycles. The predicted octanol–water partition coefficient (Wildman–Crippen LogP) is 4.28. The second kappa shape index (κ2) is 7.46. The van der Waals surface area contributed by atoms with E-state index in [0.29, 0.717) is 11.4 Å². The summed E-state index contributed by atoms with van der Waals surface area (Å²) in [5.41, 5.74) is 0.663. The summed E-state index contributed by atoms with van der Waals surface area (Å²) in [6.07, 6.45) is -1.02. The molecule has 2 aliphatic rings. The molecular formula is C25H21FN2O4. The van der Waals surface area contributed by atoms with Gasteiger partial charge in [0, 0.05) is 0 Å². The van der Waals surface area contributed by atoms with Gasteiger partial charge in [-0.1, -0.05) is 30.3 Å². The lowest BCUT2D eigenvalue weighted by molar-refractivity contribution is -0.128. The molecule has 32 heavy (non-hydrogen) atoms. The van der Waals surface area contributed by atoms with Crippen molar-refractivity contribution >= 4 is 23.2 Å². The second-order valence-electron chi connectivity index (χ2n) is 8.06. The summed E-state index contributed by atoms with van der Waals surface area (Å²) in [5, 5.41) is 1.64. The van der Waals surface area contributed by atoms with E-state index in [2.05, 4.69) is 0 Å². The maximum absolute atomic E-state index is 13.8. The van der Waals surface area contributed by atoms with E-state index in [4.69, 9.17) is 9.57 Å². The molecule has 7 heteroatoms. The van der Waals surface area contributed by atoms with Crippen LogP contribution in [0.4, 0.5) is 15.8 Å². The van der Waals surface area contributed by atoms with Crippen LogP contribution in [0, 0.1) is 11.2 Å². The van der Waals surface area contributed by atoms with E-state index in [0.717, 1.165) is 16.2 Å². The van der Waals surface area contributed by atoms with Crippen molar-refractivity contribution in [2.45, 2.75) is 19.1 Å². The third kappa shape index (κ3) is 2.89. The van der Waals surface area contributed by atoms with E-state index in [1.165, 1.54) is 24.3 Å². The van der Waals surface area contributed by atoms with Crippen LogP contribution in [0.25, 0.3) is 0 Å². The topological polar surface area (TPSA) is 59.1 Å². The highest BCUT2D eigenvalue weighted by molar-refractivity contribution is 6.25. The SMILES string of the molecule is COc1ccc([C@H]2N(c3ccccc3)O[C@@H]3C(=O)N(c4ccc(F)cc4)C(=O)[C@@]32C)cc1. The molecule has 2 fully saturated rings. The molecule has 2 amide bonds. The van der Waals surface area contributed by atoms with E-state index in [9.17, 15) is 14.0 Å². The summed E-state index contributed by atoms with van der Waals surface area (Å²) in [7, 11) is 1.58. The number of fused-ring (bicyclic) bond motifs is 1. The minimum absolute atomic E-state index is 0.320. The molecule has 0 bridgehead atoms. The van der Waals surface area contributed by atoms with Gasteiger partial charge >= 0.3 is 0 Å². The van der Waals surface area contributed by atoms with Crippen LogP contribution in [-0.4, -0.2) is 25.0 Å². The van der Waals surface area contributed by atoms with Crippen LogP contribution < -0.4 is 14.7 Å². The van der Waals surface area contributed by atoms with Gasteiger partial charge in [-0.15, -0.1) is 0 Å². The van der Waals surface area contributed by atoms with E-state index in [1.807, 2.05) is 54.6 Å². The highest BCUT2D eigenvalue weighted by atomic mass is 19.1. The fraction of sp³-hybridized carbons (Fsp3) is 0.200. The minimum Gasteiger partial charge on any atom is -0.497 e. The predicted molar refractivity (Wildman–Crippen MR) is 117 cm³/mol. The fourth-order valence-electron chi connectivity index (χ4n) is 4.55. The number of hydrogen-bond donors (Lipinski definition) is 0. The van der Waals surface area contributed by atoms with Crippen molar-refractivity contribution in [1.29, 1.82) is 0 Å². The first-order valence-corrected chi connectivity index (χ1v) is 10.2. The van der Waals surface area contributed by atoms with Gasteiger partial charge in [0.15, 0.2) is 6.10 Å². The number of para-hydroxylation sites is 1. The number of benzene rings is 3. The standard InChI is InChI=1S/C25H21FN2O4/c1-25-21(16-8-14-20(31-2)15-9-16)28(19-6-4-3-5-7-19)32-22(25)23(29)27(24(25)30)18-12-10-17(26)11-13-18/h3-15,21-22H,1-2H3/t21-,22-,25-/m1/s1. The molecule has 0 aliphatic carbocycles. The lowest BCUT2D eigenvalue weighted by Gasteiger charge is -2.32. The van der Waals surface area contributed by atoms with Gasteiger partial charge < -0.3 is 4.74 Å². The van der Waals surface area contributed by atoms with Crippen LogP contribution in [-0.2, 0) is 14.4 Å². The molecule has 0 spiro atoms. The lowest BCUT2D eigenvalue weighted by Crippen LogP contribution is -2.41. The maximum Gasteiger partial charge on any atom is 0.266 e. The number of hydrogen-bond acceptors (Lipinski definition) is 5. The zero-order valence-corrected chi connectivity index (χ0v) is 17.6. The number of halogens is 1. The Kier molecular flexibility index (Phi) is 4.71. The molecule has 5 rings (SSSR count). The van der Waals surface area contributed by atoms with Crippen molar-refractivity contribution in [3.05, 3.63) is 90.2 Å². The van der Waals surface area contributed by atoms with Crippen LogP contribution in [0.3, 0.4) is 0 Å². The zero-order valence-electron chi connectivity index (χ0n) is 17.6. The number of imide groups is 1. The molecular weight excluding hydrogens is 411 g/mol. The van der Waals surface area contributed by atoms with Crippen LogP contribution >= 0.6 is 0 Å². The third-order valence-corrected chi connectivity index (χ3v) is 6.20. The van der Waals surface area contributed by atoms with Crippen molar-refractivity contribution in [2.75, 3.05) is 17.1 Å². The molecule has 2 heterocycles. The second-order valence-corrected chi connectivity index (χ2v) is 8.06. The number of rotatable bonds is 4. The Bertz CT molecular complexity index is 1170. The molecule has 0 N–H and O–H groups in total. The molecule has 6 nitrogen and oxygen atoms in total. The molecule has 162 valence electrons. The molecule has 0 saturated carbocycles. The number of ether oxygens (including phenoxy) is 1. The Labute approximate surface area is 184 Å². The largest absolute Gasteiger partial charge is 0.497 e. The number of methoxy groups -OCH3 is 1. The summed E-state index contributed by atoms with van der Waals surface area (Å²) in [5.74, 6) is -0.622. The molecule has 3 aromatic rings. The van der Waals surface area contributed by atoms with Crippen molar-refractivity contribution in [1.82, 2.24) is 0 Å². The monoisotopic (exact) mass is 432 g/mol. The van der Waals surface area contributed by atoms with E-state index in [1.54, 1.807) is 19.1 Å². The number of nitrogens with zero attached hydrogens (tertiary/aromatic N) is 2.